The Morgan fingerprint density at radius 2 is 1.73 bits per heavy atom. The van der Waals surface area contributed by atoms with Crippen LogP contribution in [0.2, 0.25) is 0 Å². The first-order valence-electron chi connectivity index (χ1n) is 13.3. The molecule has 8 nitrogen and oxygen atoms in total. The predicted molar refractivity (Wildman–Crippen MR) is 157 cm³/mol. The molecule has 1 atom stereocenters. The Hall–Kier alpha value is -4.63. The van der Waals surface area contributed by atoms with Crippen molar-refractivity contribution in [1.29, 1.82) is 0 Å². The molecule has 41 heavy (non-hydrogen) atoms. The Kier molecular flexibility index (Phi) is 8.64. The lowest BCUT2D eigenvalue weighted by Crippen LogP contribution is -2.39. The monoisotopic (exact) mass is 570 g/mol. The Bertz CT molecular complexity index is 1760. The summed E-state index contributed by atoms with van der Waals surface area (Å²) >= 11 is 1.25. The molecule has 5 rings (SSSR count). The highest BCUT2D eigenvalue weighted by atomic mass is 32.1. The van der Waals surface area contributed by atoms with Gasteiger partial charge >= 0.3 is 5.97 Å². The minimum atomic E-state index is -0.753. The van der Waals surface area contributed by atoms with Gasteiger partial charge in [0.2, 0.25) is 0 Å². The van der Waals surface area contributed by atoms with Crippen molar-refractivity contribution in [3.05, 3.63) is 121 Å². The molecule has 0 fully saturated rings. The van der Waals surface area contributed by atoms with Gasteiger partial charge < -0.3 is 18.9 Å². The molecule has 3 aromatic carbocycles. The number of rotatable bonds is 10. The topological polar surface area (TPSA) is 88.4 Å². The summed E-state index contributed by atoms with van der Waals surface area (Å²) in [4.78, 5) is 31.6. The fraction of sp³-hybridized carbons (Fsp3) is 0.219. The summed E-state index contributed by atoms with van der Waals surface area (Å²) in [6.07, 6.45) is 3.28. The number of thiazole rings is 1. The van der Waals surface area contributed by atoms with Crippen LogP contribution in [0.25, 0.3) is 6.08 Å². The summed E-state index contributed by atoms with van der Waals surface area (Å²) in [5.41, 5.74) is 2.52. The van der Waals surface area contributed by atoms with Gasteiger partial charge in [-0.2, -0.15) is 0 Å². The van der Waals surface area contributed by atoms with E-state index < -0.39 is 12.0 Å². The van der Waals surface area contributed by atoms with Crippen LogP contribution in [0.15, 0.2) is 94.4 Å². The van der Waals surface area contributed by atoms with Gasteiger partial charge in [-0.15, -0.1) is 0 Å². The van der Waals surface area contributed by atoms with Crippen LogP contribution < -0.4 is 29.1 Å². The second-order valence-corrected chi connectivity index (χ2v) is 10.1. The van der Waals surface area contributed by atoms with Crippen molar-refractivity contribution in [2.24, 2.45) is 4.99 Å². The smallest absolute Gasteiger partial charge is 0.337 e. The second-order valence-electron chi connectivity index (χ2n) is 9.09. The molecule has 0 radical (unpaired) electrons. The first kappa shape index (κ1) is 27.9. The average molecular weight is 571 g/mol. The molecule has 1 aromatic heterocycles. The quantitative estimate of drug-likeness (QED) is 0.263. The van der Waals surface area contributed by atoms with Crippen LogP contribution in [0.1, 0.15) is 36.6 Å². The van der Waals surface area contributed by atoms with Crippen molar-refractivity contribution >= 4 is 23.4 Å². The van der Waals surface area contributed by atoms with Crippen molar-refractivity contribution in [2.45, 2.75) is 26.5 Å². The number of hydrogen-bond donors (Lipinski definition) is 0. The third kappa shape index (κ3) is 6.10. The summed E-state index contributed by atoms with van der Waals surface area (Å²) < 4.78 is 24.6. The van der Waals surface area contributed by atoms with Crippen LogP contribution in [0.5, 0.6) is 17.2 Å². The summed E-state index contributed by atoms with van der Waals surface area (Å²) in [6.45, 7) is 5.12. The summed E-state index contributed by atoms with van der Waals surface area (Å²) in [5, 5.41) is 0. The minimum Gasteiger partial charge on any atom is -0.490 e. The van der Waals surface area contributed by atoms with Crippen LogP contribution in [0.3, 0.4) is 0 Å². The van der Waals surface area contributed by atoms with Gasteiger partial charge in [-0.05, 0) is 60.9 Å². The summed E-state index contributed by atoms with van der Waals surface area (Å²) in [6, 6.07) is 22.1. The van der Waals surface area contributed by atoms with Crippen molar-refractivity contribution in [2.75, 3.05) is 20.3 Å². The zero-order valence-electron chi connectivity index (χ0n) is 23.0. The van der Waals surface area contributed by atoms with Gasteiger partial charge in [0.15, 0.2) is 16.3 Å². The van der Waals surface area contributed by atoms with Crippen LogP contribution in [-0.4, -0.2) is 30.9 Å². The van der Waals surface area contributed by atoms with Crippen LogP contribution in [0.4, 0.5) is 0 Å². The maximum atomic E-state index is 13.8. The number of aromatic nitrogens is 1. The fourth-order valence-electron chi connectivity index (χ4n) is 4.57. The van der Waals surface area contributed by atoms with Crippen molar-refractivity contribution in [1.82, 2.24) is 4.57 Å². The van der Waals surface area contributed by atoms with Crippen LogP contribution >= 0.6 is 11.3 Å². The first-order valence-corrected chi connectivity index (χ1v) is 14.1. The van der Waals surface area contributed by atoms with Crippen molar-refractivity contribution in [3.63, 3.8) is 0 Å². The Morgan fingerprint density at radius 1 is 0.951 bits per heavy atom. The molecule has 0 N–H and O–H groups in total. The first-order chi connectivity index (χ1) is 20.0. The van der Waals surface area contributed by atoms with Gasteiger partial charge in [-0.1, -0.05) is 59.9 Å². The Labute approximate surface area is 241 Å². The number of ether oxygens (including phenoxy) is 4. The molecule has 4 aromatic rings. The molecule has 0 saturated heterocycles. The lowest BCUT2D eigenvalue weighted by molar-refractivity contribution is -0.136. The second kappa shape index (κ2) is 12.7. The standard InChI is InChI=1S/C32H30N2O6S/c1-4-38-26-15-14-23(18-27(26)39-5-2)29-25(31(36)37-3)19-33-32-34(29)30(35)28(41-32)17-22-12-9-13-24(16-22)40-20-21-10-7-6-8-11-21/h6-19,29H,4-5,20H2,1-3H3/b28-17+/t29-/m1/s1. The summed E-state index contributed by atoms with van der Waals surface area (Å²) in [7, 11) is 1.31. The highest BCUT2D eigenvalue weighted by Gasteiger charge is 2.31. The highest BCUT2D eigenvalue weighted by molar-refractivity contribution is 7.07. The van der Waals surface area contributed by atoms with Crippen molar-refractivity contribution in [3.8, 4) is 17.2 Å². The molecule has 9 heteroatoms. The maximum Gasteiger partial charge on any atom is 0.337 e. The third-order valence-corrected chi connectivity index (χ3v) is 7.41. The fourth-order valence-corrected chi connectivity index (χ4v) is 5.54. The van der Waals surface area contributed by atoms with Crippen LogP contribution in [-0.2, 0) is 16.1 Å². The van der Waals surface area contributed by atoms with E-state index in [1.54, 1.807) is 12.1 Å². The molecule has 1 aliphatic heterocycles. The number of methoxy groups -OCH3 is 1. The normalized spacial score (nSPS) is 14.5. The van der Waals surface area contributed by atoms with Gasteiger partial charge in [0.1, 0.15) is 12.4 Å². The number of esters is 1. The van der Waals surface area contributed by atoms with E-state index in [1.807, 2.05) is 80.6 Å². The van der Waals surface area contributed by atoms with Gasteiger partial charge in [-0.3, -0.25) is 9.36 Å². The molecular weight excluding hydrogens is 540 g/mol. The molecule has 0 spiro atoms. The van der Waals surface area contributed by atoms with E-state index in [2.05, 4.69) is 4.99 Å². The predicted octanol–water partition coefficient (Wildman–Crippen LogP) is 4.39. The van der Waals surface area contributed by atoms with E-state index in [1.165, 1.54) is 29.2 Å². The molecule has 1 aliphatic rings. The minimum absolute atomic E-state index is 0.245. The van der Waals surface area contributed by atoms with Crippen molar-refractivity contribution < 1.29 is 23.7 Å². The number of fused-ring (bicyclic) bond motifs is 1. The van der Waals surface area contributed by atoms with Crippen LogP contribution in [0, 0.1) is 0 Å². The molecular formula is C32H30N2O6S. The van der Waals surface area contributed by atoms with E-state index in [0.29, 0.717) is 52.0 Å². The summed E-state index contributed by atoms with van der Waals surface area (Å²) in [5.74, 6) is 1.24. The third-order valence-electron chi connectivity index (χ3n) is 6.41. The largest absolute Gasteiger partial charge is 0.490 e. The zero-order valence-corrected chi connectivity index (χ0v) is 23.9. The lowest BCUT2D eigenvalue weighted by atomic mass is 9.97. The van der Waals surface area contributed by atoms with Gasteiger partial charge in [0, 0.05) is 6.20 Å². The number of carbonyl (C=O) groups is 1. The molecule has 210 valence electrons. The molecule has 0 saturated carbocycles. The molecule has 0 unspecified atom stereocenters. The zero-order chi connectivity index (χ0) is 28.8. The van der Waals surface area contributed by atoms with Gasteiger partial charge in [0.05, 0.1) is 36.5 Å². The van der Waals surface area contributed by atoms with Gasteiger partial charge in [0.25, 0.3) is 5.56 Å². The van der Waals surface area contributed by atoms with E-state index in [-0.39, 0.29) is 11.1 Å². The Morgan fingerprint density at radius 3 is 2.49 bits per heavy atom. The maximum absolute atomic E-state index is 13.8. The van der Waals surface area contributed by atoms with E-state index in [0.717, 1.165) is 11.1 Å². The molecule has 2 heterocycles. The highest BCUT2D eigenvalue weighted by Crippen LogP contribution is 2.35. The molecule has 0 aliphatic carbocycles. The lowest BCUT2D eigenvalue weighted by Gasteiger charge is -2.23. The number of benzene rings is 3. The number of nitrogens with zero attached hydrogens (tertiary/aromatic N) is 2. The van der Waals surface area contributed by atoms with Gasteiger partial charge in [-0.25, -0.2) is 9.79 Å². The number of carbonyl (C=O) groups excluding carboxylic acids is 1. The van der Waals surface area contributed by atoms with E-state index in [4.69, 9.17) is 18.9 Å². The van der Waals surface area contributed by atoms with E-state index in [9.17, 15) is 9.59 Å². The molecule has 0 amide bonds. The Balaban J connectivity index is 1.54. The average Bonchev–Trinajstić information content (AvgIpc) is 3.31. The van der Waals surface area contributed by atoms with E-state index >= 15 is 0 Å². The molecule has 0 bridgehead atoms. The SMILES string of the molecule is CCOc1ccc([C@@H]2C(C(=O)OC)=CN=c3s/c(=C/c4cccc(OCc5ccccc5)c4)c(=O)n32)cc1OCC. The number of hydrogen-bond acceptors (Lipinski definition) is 8.